The summed E-state index contributed by atoms with van der Waals surface area (Å²) in [6.07, 6.45) is 3.05. The van der Waals surface area contributed by atoms with Gasteiger partial charge in [-0.3, -0.25) is 19.7 Å². The molecule has 182 valence electrons. The number of methoxy groups -OCH3 is 1. The Morgan fingerprint density at radius 2 is 1.89 bits per heavy atom. The molecule has 0 saturated heterocycles. The van der Waals surface area contributed by atoms with Crippen molar-refractivity contribution in [2.24, 2.45) is 5.10 Å². The Bertz CT molecular complexity index is 1220. The van der Waals surface area contributed by atoms with Crippen LogP contribution in [0, 0.1) is 17.0 Å². The van der Waals surface area contributed by atoms with E-state index in [4.69, 9.17) is 9.15 Å². The number of nitrogens with zero attached hydrogens (tertiary/aromatic N) is 2. The molecule has 35 heavy (non-hydrogen) atoms. The first-order valence-electron chi connectivity index (χ1n) is 10.9. The summed E-state index contributed by atoms with van der Waals surface area (Å²) in [6, 6.07) is 15.5. The molecule has 2 N–H and O–H groups in total. The maximum absolute atomic E-state index is 12.0. The van der Waals surface area contributed by atoms with Gasteiger partial charge in [0.05, 0.1) is 24.8 Å². The highest BCUT2D eigenvalue weighted by atomic mass is 16.6. The van der Waals surface area contributed by atoms with Crippen molar-refractivity contribution in [3.05, 3.63) is 81.6 Å². The molecule has 0 aliphatic rings. The second kappa shape index (κ2) is 12.1. The molecular weight excluding hydrogens is 452 g/mol. The van der Waals surface area contributed by atoms with Crippen molar-refractivity contribution >= 4 is 23.7 Å². The molecule has 0 saturated carbocycles. The topological polar surface area (TPSA) is 136 Å². The van der Waals surface area contributed by atoms with Crippen molar-refractivity contribution in [1.82, 2.24) is 10.7 Å². The van der Waals surface area contributed by atoms with Crippen molar-refractivity contribution in [3.8, 4) is 17.1 Å². The average Bonchev–Trinajstić information content (AvgIpc) is 3.31. The number of hydrazone groups is 1. The summed E-state index contributed by atoms with van der Waals surface area (Å²) in [5.74, 6) is 1.01. The van der Waals surface area contributed by atoms with Crippen LogP contribution in [-0.2, 0) is 16.0 Å². The second-order valence-corrected chi connectivity index (χ2v) is 7.73. The highest BCUT2D eigenvalue weighted by molar-refractivity contribution is 5.85. The fourth-order valence-corrected chi connectivity index (χ4v) is 3.32. The lowest BCUT2D eigenvalue weighted by Gasteiger charge is -2.05. The number of hydrogen-bond donors (Lipinski definition) is 2. The van der Waals surface area contributed by atoms with Gasteiger partial charge in [-0.2, -0.15) is 5.10 Å². The van der Waals surface area contributed by atoms with Crippen LogP contribution in [0.5, 0.6) is 5.75 Å². The van der Waals surface area contributed by atoms with Gasteiger partial charge < -0.3 is 14.5 Å². The first kappa shape index (κ1) is 25.2. The molecule has 0 spiro atoms. The van der Waals surface area contributed by atoms with Crippen molar-refractivity contribution in [2.75, 3.05) is 13.7 Å². The Balaban J connectivity index is 1.39. The van der Waals surface area contributed by atoms with E-state index in [1.165, 1.54) is 18.3 Å². The molecule has 3 aromatic rings. The van der Waals surface area contributed by atoms with Gasteiger partial charge in [0.1, 0.15) is 17.3 Å². The summed E-state index contributed by atoms with van der Waals surface area (Å²) in [4.78, 5) is 34.3. The third-order valence-corrected chi connectivity index (χ3v) is 5.17. The van der Waals surface area contributed by atoms with Crippen LogP contribution >= 0.6 is 0 Å². The monoisotopic (exact) mass is 478 g/mol. The van der Waals surface area contributed by atoms with Gasteiger partial charge in [0.25, 0.3) is 11.6 Å². The number of benzene rings is 2. The van der Waals surface area contributed by atoms with Crippen molar-refractivity contribution in [3.63, 3.8) is 0 Å². The Kier molecular flexibility index (Phi) is 8.71. The lowest BCUT2D eigenvalue weighted by molar-refractivity contribution is -0.384. The number of carbonyl (C=O) groups excluding carboxylic acids is 2. The number of amides is 2. The first-order valence-corrected chi connectivity index (χ1v) is 10.9. The maximum atomic E-state index is 12.0. The van der Waals surface area contributed by atoms with Crippen LogP contribution in [-0.4, -0.2) is 36.6 Å². The van der Waals surface area contributed by atoms with Gasteiger partial charge in [0.2, 0.25) is 5.91 Å². The van der Waals surface area contributed by atoms with E-state index in [9.17, 15) is 19.7 Å². The molecule has 1 heterocycles. The molecule has 0 aliphatic carbocycles. The van der Waals surface area contributed by atoms with Crippen LogP contribution in [0.1, 0.15) is 29.7 Å². The summed E-state index contributed by atoms with van der Waals surface area (Å²) in [6.45, 7) is 1.57. The smallest absolute Gasteiger partial charge is 0.269 e. The van der Waals surface area contributed by atoms with E-state index in [0.717, 1.165) is 17.7 Å². The zero-order valence-electron chi connectivity index (χ0n) is 19.4. The van der Waals surface area contributed by atoms with Crippen LogP contribution in [0.3, 0.4) is 0 Å². The van der Waals surface area contributed by atoms with Crippen LogP contribution in [0.25, 0.3) is 11.3 Å². The van der Waals surface area contributed by atoms with Gasteiger partial charge in [-0.05, 0) is 61.2 Å². The molecule has 2 amide bonds. The number of carbonyl (C=O) groups is 2. The third kappa shape index (κ3) is 7.53. The van der Waals surface area contributed by atoms with E-state index < -0.39 is 10.8 Å². The molecule has 3 rings (SSSR count). The number of hydrogen-bond acceptors (Lipinski definition) is 7. The Morgan fingerprint density at radius 3 is 2.57 bits per heavy atom. The molecule has 10 heteroatoms. The molecule has 0 bridgehead atoms. The average molecular weight is 479 g/mol. The summed E-state index contributed by atoms with van der Waals surface area (Å²) in [7, 11) is 1.61. The van der Waals surface area contributed by atoms with Gasteiger partial charge in [-0.1, -0.05) is 12.1 Å². The maximum Gasteiger partial charge on any atom is 0.269 e. The van der Waals surface area contributed by atoms with Gasteiger partial charge in [0.15, 0.2) is 0 Å². The summed E-state index contributed by atoms with van der Waals surface area (Å²) in [5, 5.41) is 17.3. The molecule has 1 aromatic heterocycles. The van der Waals surface area contributed by atoms with Crippen molar-refractivity contribution in [2.45, 2.75) is 26.2 Å². The van der Waals surface area contributed by atoms with E-state index >= 15 is 0 Å². The Morgan fingerprint density at radius 1 is 1.11 bits per heavy atom. The van der Waals surface area contributed by atoms with E-state index in [1.54, 1.807) is 32.2 Å². The number of non-ortho nitro benzene ring substituents is 1. The number of nitrogens with one attached hydrogen (secondary N) is 2. The summed E-state index contributed by atoms with van der Waals surface area (Å²) in [5.41, 5.74) is 4.86. The molecular formula is C25H26N4O6. The third-order valence-electron chi connectivity index (χ3n) is 5.17. The van der Waals surface area contributed by atoms with Crippen LogP contribution in [0.15, 0.2) is 64.1 Å². The van der Waals surface area contributed by atoms with Gasteiger partial charge in [-0.15, -0.1) is 0 Å². The molecule has 0 atom stereocenters. The fourth-order valence-electron chi connectivity index (χ4n) is 3.32. The van der Waals surface area contributed by atoms with Crippen molar-refractivity contribution < 1.29 is 23.7 Å². The predicted octanol–water partition coefficient (Wildman–Crippen LogP) is 3.76. The Labute approximate surface area is 202 Å². The molecule has 10 nitrogen and oxygen atoms in total. The lowest BCUT2D eigenvalue weighted by atomic mass is 10.1. The van der Waals surface area contributed by atoms with E-state index in [-0.39, 0.29) is 18.1 Å². The Hall–Kier alpha value is -4.47. The largest absolute Gasteiger partial charge is 0.497 e. The van der Waals surface area contributed by atoms with Gasteiger partial charge in [-0.25, -0.2) is 5.43 Å². The minimum Gasteiger partial charge on any atom is -0.497 e. The van der Waals surface area contributed by atoms with E-state index in [2.05, 4.69) is 15.8 Å². The summed E-state index contributed by atoms with van der Waals surface area (Å²) < 4.78 is 10.8. The number of nitro benzene ring substituents is 1. The first-order chi connectivity index (χ1) is 16.9. The standard InChI is InChI=1S/C25H26N4O6/c1-17-14-19(29(32)33)8-12-22(17)23-13-11-21(35-23)15-27-28-25(31)16-26-24(30)5-3-4-18-6-9-20(34-2)10-7-18/h6-15H,3-5,16H2,1-2H3,(H,26,30)(H,28,31)/b27-15-. The van der Waals surface area contributed by atoms with E-state index in [1.807, 2.05) is 24.3 Å². The predicted molar refractivity (Wildman–Crippen MR) is 130 cm³/mol. The minimum atomic E-state index is -0.470. The second-order valence-electron chi connectivity index (χ2n) is 7.73. The zero-order valence-corrected chi connectivity index (χ0v) is 19.4. The minimum absolute atomic E-state index is 0.00614. The quantitative estimate of drug-likeness (QED) is 0.245. The summed E-state index contributed by atoms with van der Waals surface area (Å²) >= 11 is 0. The number of nitro groups is 1. The fraction of sp³-hybridized carbons (Fsp3) is 0.240. The molecule has 0 fully saturated rings. The van der Waals surface area contributed by atoms with Crippen molar-refractivity contribution in [1.29, 1.82) is 0 Å². The molecule has 0 unspecified atom stereocenters. The number of aryl methyl sites for hydroxylation is 2. The number of furan rings is 1. The van der Waals surface area contributed by atoms with Crippen LogP contribution in [0.2, 0.25) is 0 Å². The number of rotatable bonds is 11. The normalized spacial score (nSPS) is 10.8. The van der Waals surface area contributed by atoms with E-state index in [0.29, 0.717) is 35.5 Å². The SMILES string of the molecule is COc1ccc(CCCC(=O)NCC(=O)N/N=C\c2ccc(-c3ccc([N+](=O)[O-])cc3C)o2)cc1. The molecule has 2 aromatic carbocycles. The highest BCUT2D eigenvalue weighted by Crippen LogP contribution is 2.28. The highest BCUT2D eigenvalue weighted by Gasteiger charge is 2.12. The van der Waals surface area contributed by atoms with Crippen LogP contribution in [0.4, 0.5) is 5.69 Å². The lowest BCUT2D eigenvalue weighted by Crippen LogP contribution is -2.34. The zero-order chi connectivity index (χ0) is 25.2. The molecule has 0 radical (unpaired) electrons. The van der Waals surface area contributed by atoms with Gasteiger partial charge >= 0.3 is 0 Å². The number of ether oxygens (including phenoxy) is 1. The van der Waals surface area contributed by atoms with Gasteiger partial charge in [0, 0.05) is 24.1 Å². The van der Waals surface area contributed by atoms with Crippen LogP contribution < -0.4 is 15.5 Å². The molecule has 0 aliphatic heterocycles.